The number of aryl methyl sites for hydroxylation is 1. The third-order valence-electron chi connectivity index (χ3n) is 5.41. The number of thiophene rings is 1. The molecular weight excluding hydrogens is 426 g/mol. The maximum absolute atomic E-state index is 12.5. The van der Waals surface area contributed by atoms with E-state index in [1.54, 1.807) is 23.1 Å². The second kappa shape index (κ2) is 10.1. The quantitative estimate of drug-likeness (QED) is 0.496. The van der Waals surface area contributed by atoms with Crippen molar-refractivity contribution in [3.05, 3.63) is 57.7 Å². The molecule has 0 fully saturated rings. The molecule has 0 bridgehead atoms. The van der Waals surface area contributed by atoms with E-state index in [1.165, 1.54) is 10.4 Å². The normalized spacial score (nSPS) is 12.9. The summed E-state index contributed by atoms with van der Waals surface area (Å²) < 4.78 is 2.11. The highest BCUT2D eigenvalue weighted by Gasteiger charge is 2.22. The van der Waals surface area contributed by atoms with Gasteiger partial charge >= 0.3 is 0 Å². The van der Waals surface area contributed by atoms with Crippen molar-refractivity contribution in [3.63, 3.8) is 0 Å². The van der Waals surface area contributed by atoms with E-state index in [4.69, 9.17) is 0 Å². The molecule has 1 N–H and O–H groups in total. The highest BCUT2D eigenvalue weighted by atomic mass is 32.2. The van der Waals surface area contributed by atoms with Crippen LogP contribution in [0.25, 0.3) is 0 Å². The molecule has 0 saturated carbocycles. The second-order valence-electron chi connectivity index (χ2n) is 7.48. The Bertz CT molecular complexity index is 1100. The second-order valence-corrected chi connectivity index (χ2v) is 9.65. The lowest BCUT2D eigenvalue weighted by Gasteiger charge is -2.09. The summed E-state index contributed by atoms with van der Waals surface area (Å²) in [7, 11) is 0. The summed E-state index contributed by atoms with van der Waals surface area (Å²) in [5.74, 6) is 1.49. The molecule has 0 spiro atoms. The third-order valence-corrected chi connectivity index (χ3v) is 7.59. The number of nitrogens with zero attached hydrogens (tertiary/aromatic N) is 4. The lowest BCUT2D eigenvalue weighted by molar-refractivity contribution is -0.115. The Morgan fingerprint density at radius 1 is 1.26 bits per heavy atom. The van der Waals surface area contributed by atoms with Crippen molar-refractivity contribution < 1.29 is 4.79 Å². The Balaban J connectivity index is 1.34. The van der Waals surface area contributed by atoms with Crippen LogP contribution in [0.1, 0.15) is 53.6 Å². The van der Waals surface area contributed by atoms with Crippen molar-refractivity contribution in [2.45, 2.75) is 57.1 Å². The first-order chi connectivity index (χ1) is 15.2. The first kappa shape index (κ1) is 21.6. The Morgan fingerprint density at radius 3 is 2.84 bits per heavy atom. The lowest BCUT2D eigenvalue weighted by atomic mass is 9.96. The Labute approximate surface area is 190 Å². The van der Waals surface area contributed by atoms with Gasteiger partial charge in [-0.05, 0) is 43.7 Å². The van der Waals surface area contributed by atoms with Gasteiger partial charge in [0, 0.05) is 30.0 Å². The molecule has 1 aliphatic carbocycles. The van der Waals surface area contributed by atoms with Crippen LogP contribution >= 0.6 is 23.1 Å². The maximum Gasteiger partial charge on any atom is 0.225 e. The molecule has 2 heterocycles. The molecule has 1 aromatic carbocycles. The molecule has 0 unspecified atom stereocenters. The monoisotopic (exact) mass is 451 g/mol. The van der Waals surface area contributed by atoms with E-state index < -0.39 is 0 Å². The SMILES string of the molecule is CCn1c(Cc2ccccc2)nnc1SCCC(=O)Nc1sc2c(c1C#N)CCCC2. The number of carbonyl (C=O) groups is 1. The number of carbonyl (C=O) groups excluding carboxylic acids is 1. The van der Waals surface area contributed by atoms with Gasteiger partial charge in [0.05, 0.1) is 5.56 Å². The van der Waals surface area contributed by atoms with Crippen LogP contribution in [0.3, 0.4) is 0 Å². The van der Waals surface area contributed by atoms with Gasteiger partial charge in [-0.1, -0.05) is 42.1 Å². The zero-order valence-electron chi connectivity index (χ0n) is 17.6. The summed E-state index contributed by atoms with van der Waals surface area (Å²) in [5.41, 5.74) is 3.01. The first-order valence-electron chi connectivity index (χ1n) is 10.6. The lowest BCUT2D eigenvalue weighted by Crippen LogP contribution is -2.12. The molecule has 0 atom stereocenters. The van der Waals surface area contributed by atoms with Crippen molar-refractivity contribution in [2.75, 3.05) is 11.1 Å². The predicted molar refractivity (Wildman–Crippen MR) is 125 cm³/mol. The largest absolute Gasteiger partial charge is 0.317 e. The fourth-order valence-corrected chi connectivity index (χ4v) is 6.06. The van der Waals surface area contributed by atoms with Crippen molar-refractivity contribution in [2.24, 2.45) is 0 Å². The fourth-order valence-electron chi connectivity index (χ4n) is 3.85. The van der Waals surface area contributed by atoms with Crippen LogP contribution in [-0.4, -0.2) is 26.4 Å². The third kappa shape index (κ3) is 5.00. The van der Waals surface area contributed by atoms with Gasteiger partial charge < -0.3 is 9.88 Å². The van der Waals surface area contributed by atoms with Crippen molar-refractivity contribution in [1.82, 2.24) is 14.8 Å². The van der Waals surface area contributed by atoms with E-state index in [0.717, 1.165) is 55.2 Å². The number of fused-ring (bicyclic) bond motifs is 1. The van der Waals surface area contributed by atoms with Gasteiger partial charge in [-0.3, -0.25) is 4.79 Å². The molecule has 1 aliphatic rings. The molecule has 4 rings (SSSR count). The Kier molecular flexibility index (Phi) is 7.05. The first-order valence-corrected chi connectivity index (χ1v) is 12.4. The van der Waals surface area contributed by atoms with E-state index in [-0.39, 0.29) is 5.91 Å². The van der Waals surface area contributed by atoms with Crippen molar-refractivity contribution >= 4 is 34.0 Å². The number of amides is 1. The summed E-state index contributed by atoms with van der Waals surface area (Å²) in [6, 6.07) is 12.5. The summed E-state index contributed by atoms with van der Waals surface area (Å²) in [6.45, 7) is 2.87. The van der Waals surface area contributed by atoms with Crippen LogP contribution < -0.4 is 5.32 Å². The highest BCUT2D eigenvalue weighted by Crippen LogP contribution is 2.37. The molecule has 2 aromatic heterocycles. The Hall–Kier alpha value is -2.63. The van der Waals surface area contributed by atoms with Gasteiger partial charge in [0.2, 0.25) is 5.91 Å². The molecule has 1 amide bonds. The van der Waals surface area contributed by atoms with E-state index >= 15 is 0 Å². The number of nitriles is 1. The topological polar surface area (TPSA) is 83.6 Å². The average molecular weight is 452 g/mol. The smallest absolute Gasteiger partial charge is 0.225 e. The van der Waals surface area contributed by atoms with Crippen LogP contribution in [0.5, 0.6) is 0 Å². The molecule has 160 valence electrons. The van der Waals surface area contributed by atoms with Crippen LogP contribution in [0, 0.1) is 11.3 Å². The average Bonchev–Trinajstić information content (AvgIpc) is 3.34. The van der Waals surface area contributed by atoms with Crippen LogP contribution in [0.15, 0.2) is 35.5 Å². The fraction of sp³-hybridized carbons (Fsp3) is 0.391. The number of anilines is 1. The van der Waals surface area contributed by atoms with E-state index in [2.05, 4.69) is 45.2 Å². The summed E-state index contributed by atoms with van der Waals surface area (Å²) in [4.78, 5) is 13.8. The molecule has 6 nitrogen and oxygen atoms in total. The van der Waals surface area contributed by atoms with Crippen LogP contribution in [0.4, 0.5) is 5.00 Å². The van der Waals surface area contributed by atoms with Crippen molar-refractivity contribution in [1.29, 1.82) is 5.26 Å². The number of benzene rings is 1. The van der Waals surface area contributed by atoms with E-state index in [9.17, 15) is 10.1 Å². The van der Waals surface area contributed by atoms with Gasteiger partial charge in [0.15, 0.2) is 5.16 Å². The molecular formula is C23H25N5OS2. The minimum absolute atomic E-state index is 0.0605. The van der Waals surface area contributed by atoms with Crippen LogP contribution in [0.2, 0.25) is 0 Å². The van der Waals surface area contributed by atoms with Gasteiger partial charge in [0.25, 0.3) is 0 Å². The summed E-state index contributed by atoms with van der Waals surface area (Å²) in [5, 5.41) is 22.8. The highest BCUT2D eigenvalue weighted by molar-refractivity contribution is 7.99. The molecule has 31 heavy (non-hydrogen) atoms. The molecule has 0 saturated heterocycles. The summed E-state index contributed by atoms with van der Waals surface area (Å²) in [6.07, 6.45) is 5.34. The number of thioether (sulfide) groups is 1. The van der Waals surface area contributed by atoms with Gasteiger partial charge in [-0.25, -0.2) is 0 Å². The number of hydrogen-bond donors (Lipinski definition) is 1. The van der Waals surface area contributed by atoms with E-state index in [1.807, 2.05) is 18.2 Å². The molecule has 3 aromatic rings. The van der Waals surface area contributed by atoms with Gasteiger partial charge in [-0.15, -0.1) is 21.5 Å². The van der Waals surface area contributed by atoms with Crippen molar-refractivity contribution in [3.8, 4) is 6.07 Å². The van der Waals surface area contributed by atoms with E-state index in [0.29, 0.717) is 22.7 Å². The minimum Gasteiger partial charge on any atom is -0.317 e. The maximum atomic E-state index is 12.5. The van der Waals surface area contributed by atoms with Crippen LogP contribution in [-0.2, 0) is 30.6 Å². The predicted octanol–water partition coefficient (Wildman–Crippen LogP) is 4.82. The molecule has 0 radical (unpaired) electrons. The number of aromatic nitrogens is 3. The summed E-state index contributed by atoms with van der Waals surface area (Å²) >= 11 is 3.11. The molecule has 0 aliphatic heterocycles. The zero-order valence-corrected chi connectivity index (χ0v) is 19.2. The minimum atomic E-state index is -0.0605. The number of nitrogens with one attached hydrogen (secondary N) is 1. The molecule has 8 heteroatoms. The Morgan fingerprint density at radius 2 is 2.06 bits per heavy atom. The number of hydrogen-bond acceptors (Lipinski definition) is 6. The van der Waals surface area contributed by atoms with Gasteiger partial charge in [-0.2, -0.15) is 5.26 Å². The zero-order chi connectivity index (χ0) is 21.6. The standard InChI is InChI=1S/C23H25N5OS2/c1-2-28-20(14-16-8-4-3-5-9-16)26-27-23(28)30-13-12-21(29)25-22-18(15-24)17-10-6-7-11-19(17)31-22/h3-5,8-9H,2,6-7,10-14H2,1H3,(H,25,29). The number of rotatable bonds is 8. The van der Waals surface area contributed by atoms with Gasteiger partial charge in [0.1, 0.15) is 16.9 Å².